The molecule has 0 saturated heterocycles. The standard InChI is InChI=1S/C12H23N3O/c1-3-15-12(9-11(2)14-15)10-13-7-5-4-6-8-16/h9,13,16H,3-8,10H2,1-2H3. The summed E-state index contributed by atoms with van der Waals surface area (Å²) in [5.41, 5.74) is 2.33. The van der Waals surface area contributed by atoms with Crippen LogP contribution in [-0.2, 0) is 13.1 Å². The maximum absolute atomic E-state index is 8.64. The zero-order valence-corrected chi connectivity index (χ0v) is 10.4. The number of aliphatic hydroxyl groups is 1. The number of nitrogens with one attached hydrogen (secondary N) is 1. The highest BCUT2D eigenvalue weighted by atomic mass is 16.2. The first kappa shape index (κ1) is 13.2. The lowest BCUT2D eigenvalue weighted by Crippen LogP contribution is -2.17. The van der Waals surface area contributed by atoms with Crippen LogP contribution in [0.25, 0.3) is 0 Å². The largest absolute Gasteiger partial charge is 0.396 e. The van der Waals surface area contributed by atoms with Crippen LogP contribution >= 0.6 is 0 Å². The van der Waals surface area contributed by atoms with Crippen LogP contribution < -0.4 is 5.32 Å². The lowest BCUT2D eigenvalue weighted by molar-refractivity contribution is 0.283. The predicted octanol–water partition coefficient (Wildman–Crippen LogP) is 1.46. The van der Waals surface area contributed by atoms with Gasteiger partial charge in [0, 0.05) is 19.7 Å². The zero-order valence-electron chi connectivity index (χ0n) is 10.4. The minimum atomic E-state index is 0.307. The third kappa shape index (κ3) is 4.33. The molecule has 0 aromatic carbocycles. The molecule has 4 heteroatoms. The molecule has 1 aromatic heterocycles. The Kier molecular flexibility index (Phi) is 6.11. The number of aliphatic hydroxyl groups excluding tert-OH is 1. The van der Waals surface area contributed by atoms with Gasteiger partial charge in [0.25, 0.3) is 0 Å². The molecule has 1 rings (SSSR count). The van der Waals surface area contributed by atoms with Gasteiger partial charge in [-0.2, -0.15) is 5.10 Å². The van der Waals surface area contributed by atoms with Gasteiger partial charge in [-0.3, -0.25) is 4.68 Å². The summed E-state index contributed by atoms with van der Waals surface area (Å²) < 4.78 is 2.04. The van der Waals surface area contributed by atoms with Crippen molar-refractivity contribution in [1.82, 2.24) is 15.1 Å². The van der Waals surface area contributed by atoms with Crippen molar-refractivity contribution in [3.63, 3.8) is 0 Å². The molecule has 0 spiro atoms. The molecule has 0 aliphatic rings. The molecule has 16 heavy (non-hydrogen) atoms. The Bertz CT molecular complexity index is 296. The zero-order chi connectivity index (χ0) is 11.8. The van der Waals surface area contributed by atoms with Crippen LogP contribution in [0.4, 0.5) is 0 Å². The van der Waals surface area contributed by atoms with Crippen LogP contribution in [0.5, 0.6) is 0 Å². The predicted molar refractivity (Wildman–Crippen MR) is 65.3 cm³/mol. The van der Waals surface area contributed by atoms with Crippen molar-refractivity contribution in [2.75, 3.05) is 13.2 Å². The second-order valence-electron chi connectivity index (χ2n) is 4.05. The highest BCUT2D eigenvalue weighted by molar-refractivity contribution is 5.08. The number of hydrogen-bond donors (Lipinski definition) is 2. The van der Waals surface area contributed by atoms with E-state index in [0.29, 0.717) is 6.61 Å². The Labute approximate surface area is 97.7 Å². The molecule has 2 N–H and O–H groups in total. The molecule has 0 saturated carbocycles. The van der Waals surface area contributed by atoms with Crippen molar-refractivity contribution >= 4 is 0 Å². The first-order valence-corrected chi connectivity index (χ1v) is 6.12. The molecule has 0 unspecified atom stereocenters. The Morgan fingerprint density at radius 1 is 1.38 bits per heavy atom. The van der Waals surface area contributed by atoms with E-state index >= 15 is 0 Å². The molecule has 1 heterocycles. The third-order valence-electron chi connectivity index (χ3n) is 2.60. The third-order valence-corrected chi connectivity index (χ3v) is 2.60. The van der Waals surface area contributed by atoms with Gasteiger partial charge in [0.1, 0.15) is 0 Å². The van der Waals surface area contributed by atoms with Gasteiger partial charge in [0.05, 0.1) is 11.4 Å². The maximum atomic E-state index is 8.64. The molecule has 0 bridgehead atoms. The molecule has 0 atom stereocenters. The summed E-state index contributed by atoms with van der Waals surface area (Å²) in [6, 6.07) is 2.13. The van der Waals surface area contributed by atoms with Gasteiger partial charge in [-0.05, 0) is 45.7 Å². The van der Waals surface area contributed by atoms with Crippen LogP contribution in [0.1, 0.15) is 37.6 Å². The number of aryl methyl sites for hydroxylation is 2. The van der Waals surface area contributed by atoms with Crippen LogP contribution in [0.2, 0.25) is 0 Å². The highest BCUT2D eigenvalue weighted by Crippen LogP contribution is 2.03. The van der Waals surface area contributed by atoms with Crippen molar-refractivity contribution in [3.05, 3.63) is 17.5 Å². The topological polar surface area (TPSA) is 50.1 Å². The molecule has 1 aromatic rings. The van der Waals surface area contributed by atoms with Gasteiger partial charge in [-0.25, -0.2) is 0 Å². The van der Waals surface area contributed by atoms with Gasteiger partial charge in [-0.15, -0.1) is 0 Å². The number of hydrogen-bond acceptors (Lipinski definition) is 3. The van der Waals surface area contributed by atoms with E-state index < -0.39 is 0 Å². The highest BCUT2D eigenvalue weighted by Gasteiger charge is 2.02. The van der Waals surface area contributed by atoms with E-state index in [1.54, 1.807) is 0 Å². The average molecular weight is 225 g/mol. The first-order valence-electron chi connectivity index (χ1n) is 6.12. The van der Waals surface area contributed by atoms with E-state index in [0.717, 1.165) is 44.6 Å². The molecular formula is C12H23N3O. The fourth-order valence-corrected chi connectivity index (χ4v) is 1.77. The molecule has 0 amide bonds. The van der Waals surface area contributed by atoms with E-state index in [4.69, 9.17) is 5.11 Å². The van der Waals surface area contributed by atoms with Gasteiger partial charge in [0.2, 0.25) is 0 Å². The quantitative estimate of drug-likeness (QED) is 0.659. The van der Waals surface area contributed by atoms with E-state index in [-0.39, 0.29) is 0 Å². The minimum Gasteiger partial charge on any atom is -0.396 e. The first-order chi connectivity index (χ1) is 7.77. The Hall–Kier alpha value is -0.870. The van der Waals surface area contributed by atoms with Crippen molar-refractivity contribution < 1.29 is 5.11 Å². The number of aromatic nitrogens is 2. The van der Waals surface area contributed by atoms with E-state index in [1.807, 2.05) is 11.6 Å². The SMILES string of the molecule is CCn1nc(C)cc1CNCCCCCO. The lowest BCUT2D eigenvalue weighted by Gasteiger charge is -2.06. The fourth-order valence-electron chi connectivity index (χ4n) is 1.77. The molecule has 0 aliphatic carbocycles. The van der Waals surface area contributed by atoms with Crippen LogP contribution in [0, 0.1) is 6.92 Å². The fraction of sp³-hybridized carbons (Fsp3) is 0.750. The summed E-state index contributed by atoms with van der Waals surface area (Å²) >= 11 is 0. The van der Waals surface area contributed by atoms with Gasteiger partial charge in [-0.1, -0.05) is 0 Å². The van der Waals surface area contributed by atoms with Crippen LogP contribution in [-0.4, -0.2) is 28.0 Å². The molecule has 92 valence electrons. The normalized spacial score (nSPS) is 10.9. The molecule has 4 nitrogen and oxygen atoms in total. The number of nitrogens with zero attached hydrogens (tertiary/aromatic N) is 2. The Morgan fingerprint density at radius 2 is 2.19 bits per heavy atom. The van der Waals surface area contributed by atoms with Crippen molar-refractivity contribution in [2.45, 2.75) is 46.2 Å². The van der Waals surface area contributed by atoms with E-state index in [9.17, 15) is 0 Å². The van der Waals surface area contributed by atoms with Crippen molar-refractivity contribution in [1.29, 1.82) is 0 Å². The van der Waals surface area contributed by atoms with Crippen molar-refractivity contribution in [3.8, 4) is 0 Å². The summed E-state index contributed by atoms with van der Waals surface area (Å²) in [6.07, 6.45) is 3.13. The summed E-state index contributed by atoms with van der Waals surface area (Å²) in [6.45, 7) is 7.26. The van der Waals surface area contributed by atoms with E-state index in [1.165, 1.54) is 5.69 Å². The summed E-state index contributed by atoms with van der Waals surface area (Å²) in [7, 11) is 0. The van der Waals surface area contributed by atoms with Crippen LogP contribution in [0.15, 0.2) is 6.07 Å². The Morgan fingerprint density at radius 3 is 2.88 bits per heavy atom. The molecule has 0 fully saturated rings. The monoisotopic (exact) mass is 225 g/mol. The molecule has 0 radical (unpaired) electrons. The molecule has 0 aliphatic heterocycles. The minimum absolute atomic E-state index is 0.307. The summed E-state index contributed by atoms with van der Waals surface area (Å²) in [5.74, 6) is 0. The Balaban J connectivity index is 2.21. The average Bonchev–Trinajstić information content (AvgIpc) is 2.64. The van der Waals surface area contributed by atoms with Crippen LogP contribution in [0.3, 0.4) is 0 Å². The number of unbranched alkanes of at least 4 members (excludes halogenated alkanes) is 2. The second-order valence-corrected chi connectivity index (χ2v) is 4.05. The smallest absolute Gasteiger partial charge is 0.0597 e. The van der Waals surface area contributed by atoms with Crippen molar-refractivity contribution in [2.24, 2.45) is 0 Å². The summed E-state index contributed by atoms with van der Waals surface area (Å²) in [5, 5.41) is 16.4. The lowest BCUT2D eigenvalue weighted by atomic mass is 10.2. The maximum Gasteiger partial charge on any atom is 0.0597 e. The summed E-state index contributed by atoms with van der Waals surface area (Å²) in [4.78, 5) is 0. The van der Waals surface area contributed by atoms with Gasteiger partial charge in [0.15, 0.2) is 0 Å². The van der Waals surface area contributed by atoms with E-state index in [2.05, 4.69) is 23.4 Å². The number of rotatable bonds is 8. The van der Waals surface area contributed by atoms with Gasteiger partial charge >= 0.3 is 0 Å². The van der Waals surface area contributed by atoms with Gasteiger partial charge < -0.3 is 10.4 Å². The second kappa shape index (κ2) is 7.41. The molecular weight excluding hydrogens is 202 g/mol.